The number of hydrogen-bond acceptors (Lipinski definition) is 2. The lowest BCUT2D eigenvalue weighted by Gasteiger charge is -2.20. The number of carbonyl (C=O) groups excluding carboxylic acids is 1. The highest BCUT2D eigenvalue weighted by Crippen LogP contribution is 2.23. The molecule has 0 radical (unpaired) electrons. The number of benzene rings is 2. The summed E-state index contributed by atoms with van der Waals surface area (Å²) in [6.45, 7) is 6.02. The molecule has 0 bridgehead atoms. The van der Waals surface area contributed by atoms with Gasteiger partial charge in [-0.1, -0.05) is 39.0 Å². The summed E-state index contributed by atoms with van der Waals surface area (Å²) in [5.74, 6) is -0.0281. The van der Waals surface area contributed by atoms with Crippen LogP contribution < -0.4 is 10.1 Å². The van der Waals surface area contributed by atoms with Gasteiger partial charge in [0.05, 0.1) is 0 Å². The summed E-state index contributed by atoms with van der Waals surface area (Å²) in [5.41, 5.74) is 3.10. The Labute approximate surface area is 142 Å². The van der Waals surface area contributed by atoms with Gasteiger partial charge in [-0.25, -0.2) is 4.39 Å². The average Bonchev–Trinajstić information content (AvgIpc) is 2.61. The average molecular weight is 329 g/mol. The van der Waals surface area contributed by atoms with Crippen LogP contribution in [0.2, 0.25) is 0 Å². The Balaban J connectivity index is 2.16. The molecule has 4 heteroatoms. The highest BCUT2D eigenvalue weighted by Gasteiger charge is 2.20. The largest absolute Gasteiger partial charge is 0.481 e. The molecule has 0 heterocycles. The van der Waals surface area contributed by atoms with Gasteiger partial charge in [0.25, 0.3) is 5.91 Å². The third kappa shape index (κ3) is 4.34. The van der Waals surface area contributed by atoms with Gasteiger partial charge in [0.2, 0.25) is 0 Å². The molecule has 2 aromatic carbocycles. The fourth-order valence-electron chi connectivity index (χ4n) is 2.61. The molecule has 2 aromatic rings. The molecule has 0 unspecified atom stereocenters. The minimum Gasteiger partial charge on any atom is -0.481 e. The molecular weight excluding hydrogens is 305 g/mol. The molecule has 1 amide bonds. The molecule has 0 saturated carbocycles. The predicted octanol–water partition coefficient (Wildman–Crippen LogP) is 4.75. The maximum absolute atomic E-state index is 13.0. The van der Waals surface area contributed by atoms with Gasteiger partial charge < -0.3 is 10.1 Å². The first kappa shape index (κ1) is 18.0. The normalized spacial score (nSPS) is 11.8. The number of anilines is 1. The van der Waals surface area contributed by atoms with Crippen molar-refractivity contribution in [2.24, 2.45) is 0 Å². The van der Waals surface area contributed by atoms with Gasteiger partial charge in [-0.15, -0.1) is 0 Å². The topological polar surface area (TPSA) is 38.3 Å². The molecule has 0 aliphatic heterocycles. The molecule has 24 heavy (non-hydrogen) atoms. The van der Waals surface area contributed by atoms with Crippen LogP contribution in [0, 0.1) is 5.82 Å². The summed E-state index contributed by atoms with van der Waals surface area (Å²) in [6, 6.07) is 11.8. The second kappa shape index (κ2) is 8.48. The smallest absolute Gasteiger partial charge is 0.265 e. The first-order chi connectivity index (χ1) is 11.6. The Bertz CT molecular complexity index is 660. The Morgan fingerprint density at radius 3 is 2.12 bits per heavy atom. The quantitative estimate of drug-likeness (QED) is 0.796. The molecule has 0 spiro atoms. The van der Waals surface area contributed by atoms with Crippen LogP contribution in [0.4, 0.5) is 10.1 Å². The summed E-state index contributed by atoms with van der Waals surface area (Å²) in [5, 5.41) is 3.03. The van der Waals surface area contributed by atoms with Crippen molar-refractivity contribution in [1.82, 2.24) is 0 Å². The van der Waals surface area contributed by atoms with Crippen LogP contribution in [-0.4, -0.2) is 12.0 Å². The molecule has 0 saturated heterocycles. The maximum atomic E-state index is 13.0. The van der Waals surface area contributed by atoms with Gasteiger partial charge in [0.15, 0.2) is 6.10 Å². The van der Waals surface area contributed by atoms with Crippen molar-refractivity contribution in [3.63, 3.8) is 0 Å². The number of hydrogen-bond donors (Lipinski definition) is 1. The second-order valence-corrected chi connectivity index (χ2v) is 5.62. The van der Waals surface area contributed by atoms with Crippen LogP contribution in [-0.2, 0) is 17.6 Å². The van der Waals surface area contributed by atoms with E-state index in [0.717, 1.165) is 29.7 Å². The molecule has 3 nitrogen and oxygen atoms in total. The number of para-hydroxylation sites is 1. The fourth-order valence-corrected chi connectivity index (χ4v) is 2.61. The van der Waals surface area contributed by atoms with Crippen LogP contribution >= 0.6 is 0 Å². The van der Waals surface area contributed by atoms with E-state index in [2.05, 4.69) is 19.2 Å². The predicted molar refractivity (Wildman–Crippen MR) is 94.9 cm³/mol. The van der Waals surface area contributed by atoms with Crippen molar-refractivity contribution in [3.8, 4) is 5.75 Å². The number of halogens is 1. The lowest BCUT2D eigenvalue weighted by Crippen LogP contribution is -2.33. The van der Waals surface area contributed by atoms with Gasteiger partial charge in [-0.05, 0) is 54.7 Å². The first-order valence-corrected chi connectivity index (χ1v) is 8.42. The molecule has 1 N–H and O–H groups in total. The second-order valence-electron chi connectivity index (χ2n) is 5.62. The van der Waals surface area contributed by atoms with Crippen LogP contribution in [0.5, 0.6) is 5.75 Å². The third-order valence-electron chi connectivity index (χ3n) is 4.00. The van der Waals surface area contributed by atoms with Crippen LogP contribution in [0.3, 0.4) is 0 Å². The lowest BCUT2D eigenvalue weighted by molar-refractivity contribution is -0.122. The van der Waals surface area contributed by atoms with Crippen LogP contribution in [0.25, 0.3) is 0 Å². The van der Waals surface area contributed by atoms with Crippen LogP contribution in [0.15, 0.2) is 42.5 Å². The summed E-state index contributed by atoms with van der Waals surface area (Å²) >= 11 is 0. The van der Waals surface area contributed by atoms with E-state index in [4.69, 9.17) is 4.74 Å². The molecule has 128 valence electrons. The van der Waals surface area contributed by atoms with Gasteiger partial charge >= 0.3 is 0 Å². The molecule has 2 rings (SSSR count). The van der Waals surface area contributed by atoms with E-state index in [-0.39, 0.29) is 11.7 Å². The molecule has 0 aliphatic carbocycles. The van der Waals surface area contributed by atoms with E-state index < -0.39 is 6.10 Å². The Kier molecular flexibility index (Phi) is 6.36. The molecule has 0 aromatic heterocycles. The molecular formula is C20H24FNO2. The number of carbonyl (C=O) groups is 1. The summed E-state index contributed by atoms with van der Waals surface area (Å²) in [6.07, 6.45) is 1.60. The van der Waals surface area contributed by atoms with Crippen molar-refractivity contribution in [2.75, 3.05) is 5.32 Å². The van der Waals surface area contributed by atoms with Crippen molar-refractivity contribution in [2.45, 2.75) is 46.1 Å². The maximum Gasteiger partial charge on any atom is 0.265 e. The zero-order valence-electron chi connectivity index (χ0n) is 14.4. The van der Waals surface area contributed by atoms with Gasteiger partial charge in [-0.3, -0.25) is 4.79 Å². The first-order valence-electron chi connectivity index (χ1n) is 8.42. The van der Waals surface area contributed by atoms with E-state index >= 15 is 0 Å². The van der Waals surface area contributed by atoms with Crippen molar-refractivity contribution in [3.05, 3.63) is 59.4 Å². The standard InChI is InChI=1S/C20H24FNO2/c1-4-14-8-7-9-15(5-2)19(14)22-20(23)18(6-3)24-17-12-10-16(21)11-13-17/h7-13,18H,4-6H2,1-3H3,(H,22,23)/t18-/m1/s1. The number of nitrogens with one attached hydrogen (secondary N) is 1. The number of aryl methyl sites for hydroxylation is 2. The van der Waals surface area contributed by atoms with E-state index in [1.165, 1.54) is 24.3 Å². The number of rotatable bonds is 7. The van der Waals surface area contributed by atoms with Crippen molar-refractivity contribution in [1.29, 1.82) is 0 Å². The summed E-state index contributed by atoms with van der Waals surface area (Å²) in [4.78, 5) is 12.6. The number of amides is 1. The SMILES string of the molecule is CCc1cccc(CC)c1NC(=O)[C@@H](CC)Oc1ccc(F)cc1. The Hall–Kier alpha value is -2.36. The van der Waals surface area contributed by atoms with Crippen LogP contribution in [0.1, 0.15) is 38.3 Å². The summed E-state index contributed by atoms with van der Waals surface area (Å²) < 4.78 is 18.7. The zero-order valence-corrected chi connectivity index (χ0v) is 14.4. The Morgan fingerprint density at radius 1 is 1.04 bits per heavy atom. The van der Waals surface area contributed by atoms with E-state index in [0.29, 0.717) is 12.2 Å². The van der Waals surface area contributed by atoms with Gasteiger partial charge in [0, 0.05) is 5.69 Å². The van der Waals surface area contributed by atoms with Gasteiger partial charge in [-0.2, -0.15) is 0 Å². The highest BCUT2D eigenvalue weighted by molar-refractivity contribution is 5.95. The fraction of sp³-hybridized carbons (Fsp3) is 0.350. The van der Waals surface area contributed by atoms with Crippen molar-refractivity contribution < 1.29 is 13.9 Å². The van der Waals surface area contributed by atoms with E-state index in [1.807, 2.05) is 25.1 Å². The highest BCUT2D eigenvalue weighted by atomic mass is 19.1. The minimum atomic E-state index is -0.620. The van der Waals surface area contributed by atoms with Gasteiger partial charge in [0.1, 0.15) is 11.6 Å². The number of ether oxygens (including phenoxy) is 1. The monoisotopic (exact) mass is 329 g/mol. The Morgan fingerprint density at radius 2 is 1.62 bits per heavy atom. The van der Waals surface area contributed by atoms with E-state index in [1.54, 1.807) is 0 Å². The molecule has 0 aliphatic rings. The van der Waals surface area contributed by atoms with E-state index in [9.17, 15) is 9.18 Å². The molecule has 1 atom stereocenters. The summed E-state index contributed by atoms with van der Waals surface area (Å²) in [7, 11) is 0. The molecule has 0 fully saturated rings. The minimum absolute atomic E-state index is 0.183. The third-order valence-corrected chi connectivity index (χ3v) is 4.00. The zero-order chi connectivity index (χ0) is 17.5. The van der Waals surface area contributed by atoms with Crippen molar-refractivity contribution >= 4 is 11.6 Å². The lowest BCUT2D eigenvalue weighted by atomic mass is 10.0.